The Morgan fingerprint density at radius 3 is 2.41 bits per heavy atom. The number of amides is 1. The fourth-order valence-electron chi connectivity index (χ4n) is 6.25. The predicted octanol–water partition coefficient (Wildman–Crippen LogP) is 5.66. The van der Waals surface area contributed by atoms with Gasteiger partial charge in [0.2, 0.25) is 5.91 Å². The molecule has 0 spiro atoms. The summed E-state index contributed by atoms with van der Waals surface area (Å²) in [4.78, 5) is 18.3. The van der Waals surface area contributed by atoms with Gasteiger partial charge >= 0.3 is 0 Å². The van der Waals surface area contributed by atoms with E-state index in [0.29, 0.717) is 5.92 Å². The van der Waals surface area contributed by atoms with Crippen LogP contribution in [0.4, 0.5) is 4.39 Å². The number of unbranched alkanes of at least 4 members (excludes halogenated alkanes) is 1. The first-order valence-electron chi connectivity index (χ1n) is 14.2. The van der Waals surface area contributed by atoms with Crippen LogP contribution in [-0.2, 0) is 11.2 Å². The van der Waals surface area contributed by atoms with Crippen LogP contribution in [0.15, 0.2) is 60.7 Å². The molecule has 1 atom stereocenters. The van der Waals surface area contributed by atoms with Gasteiger partial charge in [-0.1, -0.05) is 42.5 Å². The molecule has 0 aliphatic carbocycles. The van der Waals surface area contributed by atoms with E-state index in [9.17, 15) is 9.18 Å². The predicted molar refractivity (Wildman–Crippen MR) is 158 cm³/mol. The smallest absolute Gasteiger partial charge is 0.230 e. The zero-order valence-electron chi connectivity index (χ0n) is 22.9. The van der Waals surface area contributed by atoms with E-state index in [-0.39, 0.29) is 30.0 Å². The summed E-state index contributed by atoms with van der Waals surface area (Å²) in [6, 6.07) is 19.3. The van der Waals surface area contributed by atoms with Gasteiger partial charge in [-0.05, 0) is 92.2 Å². The molecule has 210 valence electrons. The molecule has 5 rings (SSSR count). The van der Waals surface area contributed by atoms with Crippen molar-refractivity contribution in [2.45, 2.75) is 38.0 Å². The fraction of sp³-hybridized carbons (Fsp3) is 0.469. The SMILES string of the molecule is COc1ccc2ccccc2c1CCCCN1CCN(C(=O)C(c2ccc(F)cc2)C2CCNCC2)CC1.Cl. The van der Waals surface area contributed by atoms with Gasteiger partial charge in [-0.15, -0.1) is 12.4 Å². The number of nitrogens with one attached hydrogen (secondary N) is 1. The number of piperazine rings is 1. The molecule has 0 radical (unpaired) electrons. The first kappa shape index (κ1) is 29.3. The molecular weight excluding hydrogens is 513 g/mol. The second kappa shape index (κ2) is 14.1. The lowest BCUT2D eigenvalue weighted by molar-refractivity contribution is -0.136. The maximum atomic E-state index is 13.8. The molecule has 7 heteroatoms. The first-order valence-corrected chi connectivity index (χ1v) is 14.2. The molecule has 1 N–H and O–H groups in total. The highest BCUT2D eigenvalue weighted by Gasteiger charge is 2.35. The topological polar surface area (TPSA) is 44.8 Å². The Morgan fingerprint density at radius 2 is 1.69 bits per heavy atom. The molecule has 3 aromatic rings. The maximum Gasteiger partial charge on any atom is 0.230 e. The second-order valence-corrected chi connectivity index (χ2v) is 10.7. The number of rotatable bonds is 9. The molecule has 39 heavy (non-hydrogen) atoms. The van der Waals surface area contributed by atoms with Crippen LogP contribution in [0, 0.1) is 11.7 Å². The highest BCUT2D eigenvalue weighted by molar-refractivity contribution is 5.88. The Labute approximate surface area is 238 Å². The van der Waals surface area contributed by atoms with Gasteiger partial charge in [0, 0.05) is 31.7 Å². The van der Waals surface area contributed by atoms with E-state index in [4.69, 9.17) is 4.74 Å². The van der Waals surface area contributed by atoms with Crippen molar-refractivity contribution >= 4 is 29.1 Å². The molecule has 5 nitrogen and oxygen atoms in total. The molecule has 1 amide bonds. The summed E-state index contributed by atoms with van der Waals surface area (Å²) >= 11 is 0. The number of methoxy groups -OCH3 is 1. The Kier molecular flexibility index (Phi) is 10.6. The van der Waals surface area contributed by atoms with Crippen molar-refractivity contribution < 1.29 is 13.9 Å². The van der Waals surface area contributed by atoms with Gasteiger partial charge < -0.3 is 15.0 Å². The summed E-state index contributed by atoms with van der Waals surface area (Å²) < 4.78 is 19.3. The van der Waals surface area contributed by atoms with Crippen molar-refractivity contribution in [3.05, 3.63) is 77.6 Å². The zero-order valence-corrected chi connectivity index (χ0v) is 23.7. The van der Waals surface area contributed by atoms with E-state index >= 15 is 0 Å². The molecule has 1 unspecified atom stereocenters. The molecule has 0 aromatic heterocycles. The van der Waals surface area contributed by atoms with Gasteiger partial charge in [-0.3, -0.25) is 9.69 Å². The molecule has 2 fully saturated rings. The minimum absolute atomic E-state index is 0. The van der Waals surface area contributed by atoms with Crippen molar-refractivity contribution in [1.29, 1.82) is 0 Å². The highest BCUT2D eigenvalue weighted by Crippen LogP contribution is 2.34. The molecule has 2 saturated heterocycles. The van der Waals surface area contributed by atoms with Gasteiger partial charge in [0.25, 0.3) is 0 Å². The van der Waals surface area contributed by atoms with Crippen LogP contribution in [-0.4, -0.2) is 68.6 Å². The Balaban J connectivity index is 0.00000353. The quantitative estimate of drug-likeness (QED) is 0.347. The normalized spacial score (nSPS) is 17.5. The lowest BCUT2D eigenvalue weighted by atomic mass is 9.79. The van der Waals surface area contributed by atoms with E-state index in [0.717, 1.165) is 89.2 Å². The number of halogens is 2. The molecule has 0 saturated carbocycles. The number of ether oxygens (including phenoxy) is 1. The van der Waals surface area contributed by atoms with Crippen molar-refractivity contribution in [1.82, 2.24) is 15.1 Å². The number of carbonyl (C=O) groups is 1. The molecule has 2 heterocycles. The molecule has 0 bridgehead atoms. The monoisotopic (exact) mass is 553 g/mol. The molecule has 3 aromatic carbocycles. The highest BCUT2D eigenvalue weighted by atomic mass is 35.5. The number of hydrogen-bond donors (Lipinski definition) is 1. The van der Waals surface area contributed by atoms with Crippen LogP contribution in [0.5, 0.6) is 5.75 Å². The van der Waals surface area contributed by atoms with Crippen LogP contribution < -0.4 is 10.1 Å². The fourth-order valence-corrected chi connectivity index (χ4v) is 6.25. The summed E-state index contributed by atoms with van der Waals surface area (Å²) in [5.74, 6) is 1.06. The van der Waals surface area contributed by atoms with Gasteiger partial charge in [-0.2, -0.15) is 0 Å². The first-order chi connectivity index (χ1) is 18.6. The van der Waals surface area contributed by atoms with E-state index in [1.807, 2.05) is 4.90 Å². The largest absolute Gasteiger partial charge is 0.496 e. The molecule has 2 aliphatic heterocycles. The van der Waals surface area contributed by atoms with Crippen molar-refractivity contribution in [3.8, 4) is 5.75 Å². The maximum absolute atomic E-state index is 13.8. The van der Waals surface area contributed by atoms with Crippen LogP contribution in [0.1, 0.15) is 42.7 Å². The molecule has 2 aliphatic rings. The summed E-state index contributed by atoms with van der Waals surface area (Å²) in [5, 5.41) is 5.94. The van der Waals surface area contributed by atoms with Crippen LogP contribution in [0.3, 0.4) is 0 Å². The lowest BCUT2D eigenvalue weighted by Crippen LogP contribution is -2.51. The van der Waals surface area contributed by atoms with Crippen molar-refractivity contribution in [2.24, 2.45) is 5.92 Å². The number of carbonyl (C=O) groups excluding carboxylic acids is 1. The van der Waals surface area contributed by atoms with Gasteiger partial charge in [0.1, 0.15) is 11.6 Å². The van der Waals surface area contributed by atoms with Crippen LogP contribution in [0.25, 0.3) is 10.8 Å². The van der Waals surface area contributed by atoms with Gasteiger partial charge in [0.05, 0.1) is 13.0 Å². The van der Waals surface area contributed by atoms with Crippen LogP contribution >= 0.6 is 12.4 Å². The van der Waals surface area contributed by atoms with E-state index < -0.39 is 0 Å². The number of fused-ring (bicyclic) bond motifs is 1. The van der Waals surface area contributed by atoms with Crippen molar-refractivity contribution in [2.75, 3.05) is 52.9 Å². The Morgan fingerprint density at radius 1 is 0.974 bits per heavy atom. The summed E-state index contributed by atoms with van der Waals surface area (Å²) in [6.07, 6.45) is 5.18. The molecular formula is C32H41ClFN3O2. The summed E-state index contributed by atoms with van der Waals surface area (Å²) in [5.41, 5.74) is 2.25. The minimum Gasteiger partial charge on any atom is -0.496 e. The number of piperidine rings is 1. The number of nitrogens with zero attached hydrogens (tertiary/aromatic N) is 2. The second-order valence-electron chi connectivity index (χ2n) is 10.7. The van der Waals surface area contributed by atoms with Crippen molar-refractivity contribution in [3.63, 3.8) is 0 Å². The third-order valence-electron chi connectivity index (χ3n) is 8.40. The van der Waals surface area contributed by atoms with E-state index in [1.165, 1.54) is 28.5 Å². The third-order valence-corrected chi connectivity index (χ3v) is 8.40. The average Bonchev–Trinajstić information content (AvgIpc) is 2.97. The lowest BCUT2D eigenvalue weighted by Gasteiger charge is -2.39. The van der Waals surface area contributed by atoms with Crippen LogP contribution in [0.2, 0.25) is 0 Å². The number of aryl methyl sites for hydroxylation is 1. The zero-order chi connectivity index (χ0) is 26.3. The van der Waals surface area contributed by atoms with Gasteiger partial charge in [0.15, 0.2) is 0 Å². The standard InChI is InChI=1S/C32H40FN3O2.ClH/c1-38-30-14-11-24-6-2-3-7-28(24)29(30)8-4-5-19-35-20-22-36(23-21-35)32(37)31(26-15-17-34-18-16-26)25-9-12-27(33)13-10-25;/h2-3,6-7,9-14,26,31,34H,4-5,8,15-23H2,1H3;1H. The third kappa shape index (κ3) is 7.10. The minimum atomic E-state index is -0.252. The number of hydrogen-bond acceptors (Lipinski definition) is 4. The summed E-state index contributed by atoms with van der Waals surface area (Å²) in [7, 11) is 1.75. The average molecular weight is 554 g/mol. The Hall–Kier alpha value is -2.67. The summed E-state index contributed by atoms with van der Waals surface area (Å²) in [6.45, 7) is 6.27. The van der Waals surface area contributed by atoms with E-state index in [1.54, 1.807) is 19.2 Å². The van der Waals surface area contributed by atoms with Gasteiger partial charge in [-0.25, -0.2) is 4.39 Å². The Bertz CT molecular complexity index is 1210. The number of benzene rings is 3. The van der Waals surface area contributed by atoms with E-state index in [2.05, 4.69) is 46.6 Å².